The fourth-order valence-corrected chi connectivity index (χ4v) is 3.41. The zero-order valence-corrected chi connectivity index (χ0v) is 15.2. The molecule has 1 aromatic heterocycles. The van der Waals surface area contributed by atoms with Crippen LogP contribution in [0.15, 0.2) is 48.5 Å². The number of fused-ring (bicyclic) bond motifs is 1. The Kier molecular flexibility index (Phi) is 4.52. The minimum Gasteiger partial charge on any atom is -0.497 e. The maximum Gasteiger partial charge on any atom is 0.145 e. The van der Waals surface area contributed by atoms with Crippen molar-refractivity contribution in [1.29, 1.82) is 0 Å². The van der Waals surface area contributed by atoms with E-state index in [1.54, 1.807) is 7.11 Å². The minimum atomic E-state index is 0.632. The summed E-state index contributed by atoms with van der Waals surface area (Å²) in [6.07, 6.45) is 1.80. The molecule has 0 aliphatic carbocycles. The number of hydrogen-bond donors (Lipinski definition) is 1. The molecule has 5 heteroatoms. The first-order chi connectivity index (χ1) is 12.8. The predicted molar refractivity (Wildman–Crippen MR) is 103 cm³/mol. The number of hydrogen-bond acceptors (Lipinski definition) is 4. The number of methoxy groups -OCH3 is 1. The van der Waals surface area contributed by atoms with Gasteiger partial charge in [-0.05, 0) is 43.2 Å². The van der Waals surface area contributed by atoms with E-state index in [4.69, 9.17) is 14.6 Å². The second-order valence-corrected chi connectivity index (χ2v) is 6.29. The molecule has 5 nitrogen and oxygen atoms in total. The summed E-state index contributed by atoms with van der Waals surface area (Å²) < 4.78 is 13.0. The Morgan fingerprint density at radius 3 is 2.69 bits per heavy atom. The maximum absolute atomic E-state index is 5.80. The van der Waals surface area contributed by atoms with E-state index in [0.29, 0.717) is 6.61 Å². The second-order valence-electron chi connectivity index (χ2n) is 6.29. The van der Waals surface area contributed by atoms with Crippen LogP contribution in [0.3, 0.4) is 0 Å². The van der Waals surface area contributed by atoms with E-state index in [-0.39, 0.29) is 0 Å². The van der Waals surface area contributed by atoms with Gasteiger partial charge < -0.3 is 14.8 Å². The number of nitrogens with zero attached hydrogens (tertiary/aromatic N) is 2. The molecule has 2 heterocycles. The van der Waals surface area contributed by atoms with Crippen molar-refractivity contribution in [2.45, 2.75) is 19.8 Å². The molecule has 0 fully saturated rings. The molecule has 1 aliphatic heterocycles. The molecule has 0 radical (unpaired) electrons. The molecule has 4 rings (SSSR count). The van der Waals surface area contributed by atoms with Gasteiger partial charge in [-0.3, -0.25) is 0 Å². The normalized spacial score (nSPS) is 12.5. The Morgan fingerprint density at radius 2 is 1.92 bits per heavy atom. The SMILES string of the molecule is CCOc1ccccc1-n1nc(Cc2ccc(OC)cc2)c2c1NCC2. The third-order valence-corrected chi connectivity index (χ3v) is 4.66. The van der Waals surface area contributed by atoms with E-state index in [2.05, 4.69) is 23.5 Å². The van der Waals surface area contributed by atoms with Gasteiger partial charge >= 0.3 is 0 Å². The van der Waals surface area contributed by atoms with Crippen LogP contribution in [-0.2, 0) is 12.8 Å². The van der Waals surface area contributed by atoms with Crippen LogP contribution in [0.4, 0.5) is 5.82 Å². The van der Waals surface area contributed by atoms with Crippen LogP contribution in [0, 0.1) is 0 Å². The lowest BCUT2D eigenvalue weighted by atomic mass is 10.1. The molecule has 0 spiro atoms. The summed E-state index contributed by atoms with van der Waals surface area (Å²) in [5, 5.41) is 8.41. The average Bonchev–Trinajstić information content (AvgIpc) is 3.27. The number of ether oxygens (including phenoxy) is 2. The Balaban J connectivity index is 1.71. The predicted octanol–water partition coefficient (Wildman–Crippen LogP) is 3.84. The molecule has 134 valence electrons. The van der Waals surface area contributed by atoms with E-state index in [1.165, 1.54) is 11.1 Å². The Morgan fingerprint density at radius 1 is 1.12 bits per heavy atom. The molecule has 0 saturated carbocycles. The summed E-state index contributed by atoms with van der Waals surface area (Å²) in [4.78, 5) is 0. The van der Waals surface area contributed by atoms with Crippen LogP contribution in [-0.4, -0.2) is 30.0 Å². The van der Waals surface area contributed by atoms with Gasteiger partial charge in [-0.1, -0.05) is 24.3 Å². The zero-order valence-electron chi connectivity index (χ0n) is 15.2. The van der Waals surface area contributed by atoms with Gasteiger partial charge in [0.25, 0.3) is 0 Å². The average molecular weight is 349 g/mol. The number of benzene rings is 2. The summed E-state index contributed by atoms with van der Waals surface area (Å²) in [5.41, 5.74) is 4.61. The molecule has 1 aliphatic rings. The van der Waals surface area contributed by atoms with Gasteiger partial charge in [0.05, 0.1) is 19.4 Å². The van der Waals surface area contributed by atoms with Crippen molar-refractivity contribution < 1.29 is 9.47 Å². The smallest absolute Gasteiger partial charge is 0.145 e. The van der Waals surface area contributed by atoms with Crippen LogP contribution in [0.25, 0.3) is 5.69 Å². The van der Waals surface area contributed by atoms with Crippen molar-refractivity contribution in [3.8, 4) is 17.2 Å². The molecule has 0 saturated heterocycles. The van der Waals surface area contributed by atoms with Crippen LogP contribution in [0.5, 0.6) is 11.5 Å². The largest absolute Gasteiger partial charge is 0.497 e. The monoisotopic (exact) mass is 349 g/mol. The molecule has 0 atom stereocenters. The van der Waals surface area contributed by atoms with Crippen molar-refractivity contribution in [3.63, 3.8) is 0 Å². The number of anilines is 1. The molecule has 26 heavy (non-hydrogen) atoms. The van der Waals surface area contributed by atoms with Crippen molar-refractivity contribution in [2.24, 2.45) is 0 Å². The first-order valence-corrected chi connectivity index (χ1v) is 9.00. The highest BCUT2D eigenvalue weighted by Crippen LogP contribution is 2.33. The molecule has 0 amide bonds. The Bertz CT molecular complexity index is 900. The highest BCUT2D eigenvalue weighted by molar-refractivity contribution is 5.60. The Labute approximate surface area is 153 Å². The van der Waals surface area contributed by atoms with Gasteiger partial charge in [0, 0.05) is 18.5 Å². The lowest BCUT2D eigenvalue weighted by molar-refractivity contribution is 0.338. The molecule has 0 unspecified atom stereocenters. The molecular weight excluding hydrogens is 326 g/mol. The quantitative estimate of drug-likeness (QED) is 0.735. The third-order valence-electron chi connectivity index (χ3n) is 4.66. The molecular formula is C21H23N3O2. The first kappa shape index (κ1) is 16.5. The first-order valence-electron chi connectivity index (χ1n) is 9.00. The zero-order chi connectivity index (χ0) is 17.9. The van der Waals surface area contributed by atoms with Gasteiger partial charge in [0.1, 0.15) is 23.0 Å². The van der Waals surface area contributed by atoms with E-state index in [1.807, 2.05) is 41.9 Å². The standard InChI is InChI=1S/C21H23N3O2/c1-3-26-20-7-5-4-6-19(20)24-21-17(12-13-22-21)18(23-24)14-15-8-10-16(25-2)11-9-15/h4-11,22H,3,12-14H2,1-2H3. The van der Waals surface area contributed by atoms with Gasteiger partial charge in [0.15, 0.2) is 0 Å². The lowest BCUT2D eigenvalue weighted by Crippen LogP contribution is -2.07. The Hall–Kier alpha value is -2.95. The van der Waals surface area contributed by atoms with Gasteiger partial charge in [-0.25, -0.2) is 4.68 Å². The van der Waals surface area contributed by atoms with Crippen molar-refractivity contribution in [3.05, 3.63) is 65.4 Å². The third kappa shape index (κ3) is 3.01. The van der Waals surface area contributed by atoms with Gasteiger partial charge in [0.2, 0.25) is 0 Å². The van der Waals surface area contributed by atoms with Crippen molar-refractivity contribution in [1.82, 2.24) is 9.78 Å². The van der Waals surface area contributed by atoms with Gasteiger partial charge in [-0.15, -0.1) is 0 Å². The molecule has 0 bridgehead atoms. The minimum absolute atomic E-state index is 0.632. The van der Waals surface area contributed by atoms with Gasteiger partial charge in [-0.2, -0.15) is 5.10 Å². The van der Waals surface area contributed by atoms with Crippen LogP contribution in [0.1, 0.15) is 23.7 Å². The van der Waals surface area contributed by atoms with Crippen LogP contribution < -0.4 is 14.8 Å². The topological polar surface area (TPSA) is 48.3 Å². The van der Waals surface area contributed by atoms with E-state index < -0.39 is 0 Å². The molecule has 2 aromatic carbocycles. The van der Waals surface area contributed by atoms with Crippen molar-refractivity contribution >= 4 is 5.82 Å². The van der Waals surface area contributed by atoms with E-state index in [9.17, 15) is 0 Å². The summed E-state index contributed by atoms with van der Waals surface area (Å²) in [5.74, 6) is 2.81. The fourth-order valence-electron chi connectivity index (χ4n) is 3.41. The number of para-hydroxylation sites is 2. The van der Waals surface area contributed by atoms with E-state index >= 15 is 0 Å². The molecule has 3 aromatic rings. The molecule has 1 N–H and O–H groups in total. The fraction of sp³-hybridized carbons (Fsp3) is 0.286. The van der Waals surface area contributed by atoms with Crippen LogP contribution in [0.2, 0.25) is 0 Å². The maximum atomic E-state index is 5.80. The highest BCUT2D eigenvalue weighted by atomic mass is 16.5. The summed E-state index contributed by atoms with van der Waals surface area (Å²) in [6, 6.07) is 16.2. The van der Waals surface area contributed by atoms with E-state index in [0.717, 1.165) is 48.1 Å². The van der Waals surface area contributed by atoms with Crippen molar-refractivity contribution in [2.75, 3.05) is 25.6 Å². The summed E-state index contributed by atoms with van der Waals surface area (Å²) >= 11 is 0. The summed E-state index contributed by atoms with van der Waals surface area (Å²) in [6.45, 7) is 3.57. The highest BCUT2D eigenvalue weighted by Gasteiger charge is 2.24. The second kappa shape index (κ2) is 7.12. The number of nitrogens with one attached hydrogen (secondary N) is 1. The van der Waals surface area contributed by atoms with Crippen LogP contribution >= 0.6 is 0 Å². The number of aromatic nitrogens is 2. The number of rotatable bonds is 6. The summed E-state index contributed by atoms with van der Waals surface area (Å²) in [7, 11) is 1.69. The lowest BCUT2D eigenvalue weighted by Gasteiger charge is -2.12.